The fourth-order valence-electron chi connectivity index (χ4n) is 5.25. The van der Waals surface area contributed by atoms with E-state index in [1.165, 1.54) is 24.3 Å². The Bertz CT molecular complexity index is 1660. The van der Waals surface area contributed by atoms with Crippen LogP contribution in [0.15, 0.2) is 60.7 Å². The number of hydrogen-bond donors (Lipinski definition) is 3. The minimum absolute atomic E-state index is 0.0735. The summed E-state index contributed by atoms with van der Waals surface area (Å²) in [6.07, 6.45) is -8.67. The van der Waals surface area contributed by atoms with E-state index in [-0.39, 0.29) is 35.5 Å². The van der Waals surface area contributed by atoms with Gasteiger partial charge < -0.3 is 15.6 Å². The van der Waals surface area contributed by atoms with E-state index in [1.807, 2.05) is 0 Å². The molecule has 5 rings (SSSR count). The Morgan fingerprint density at radius 3 is 2.23 bits per heavy atom. The number of hydrogen-bond acceptors (Lipinski definition) is 3. The molecular weight excluding hydrogens is 598 g/mol. The van der Waals surface area contributed by atoms with Crippen LogP contribution in [0.25, 0.3) is 11.0 Å². The molecule has 3 aromatic carbocycles. The molecule has 1 saturated carbocycles. The van der Waals surface area contributed by atoms with E-state index in [4.69, 9.17) is 11.6 Å². The first-order valence-electron chi connectivity index (χ1n) is 13.3. The van der Waals surface area contributed by atoms with Gasteiger partial charge in [-0.2, -0.15) is 26.3 Å². The molecule has 4 aromatic rings. The number of anilines is 1. The lowest BCUT2D eigenvalue weighted by Crippen LogP contribution is -2.48. The van der Waals surface area contributed by atoms with Gasteiger partial charge in [0.2, 0.25) is 5.91 Å². The minimum atomic E-state index is -4.65. The van der Waals surface area contributed by atoms with E-state index >= 15 is 0 Å². The SMILES string of the molecule is O=C(Nc1ccc(Cc2nc3ccc(C(F)(F)F)cc3[nH]2)cc1)c1cc(CNC(=O)C2(C(F)(F)F)CCCC2)ccc1Cl. The standard InChI is InChI=1S/C30H25ClF6N4O2/c31-22-9-5-18(16-38-27(43)28(30(35,36)37)11-1-2-12-28)13-21(22)26(42)39-20-7-3-17(4-8-20)14-25-40-23-10-6-19(29(32,33)34)15-24(23)41-25/h3-10,13,15H,1-2,11-12,14,16H2,(H,38,43)(H,39,42)(H,40,41). The summed E-state index contributed by atoms with van der Waals surface area (Å²) in [6, 6.07) is 14.4. The number of nitrogens with one attached hydrogen (secondary N) is 3. The largest absolute Gasteiger partial charge is 0.416 e. The number of imidazole rings is 1. The predicted molar refractivity (Wildman–Crippen MR) is 149 cm³/mol. The molecule has 226 valence electrons. The fraction of sp³-hybridized carbons (Fsp3) is 0.300. The third-order valence-corrected chi connectivity index (χ3v) is 7.93. The van der Waals surface area contributed by atoms with E-state index in [9.17, 15) is 35.9 Å². The predicted octanol–water partition coefficient (Wildman–Crippen LogP) is 7.82. The molecule has 13 heteroatoms. The van der Waals surface area contributed by atoms with Crippen molar-refractivity contribution in [3.63, 3.8) is 0 Å². The lowest BCUT2D eigenvalue weighted by Gasteiger charge is -2.30. The van der Waals surface area contributed by atoms with Gasteiger partial charge in [-0.05, 0) is 66.4 Å². The Morgan fingerprint density at radius 1 is 0.907 bits per heavy atom. The zero-order valence-corrected chi connectivity index (χ0v) is 23.2. The molecule has 1 fully saturated rings. The zero-order valence-electron chi connectivity index (χ0n) is 22.4. The van der Waals surface area contributed by atoms with Gasteiger partial charge in [0.25, 0.3) is 5.91 Å². The molecule has 1 aromatic heterocycles. The second-order valence-electron chi connectivity index (χ2n) is 10.5. The van der Waals surface area contributed by atoms with E-state index in [0.29, 0.717) is 41.9 Å². The van der Waals surface area contributed by atoms with Crippen LogP contribution in [0.1, 0.15) is 58.6 Å². The first kappa shape index (κ1) is 30.4. The number of carbonyl (C=O) groups is 2. The van der Waals surface area contributed by atoms with Crippen LogP contribution in [-0.2, 0) is 23.9 Å². The summed E-state index contributed by atoms with van der Waals surface area (Å²) in [4.78, 5) is 32.8. The molecule has 3 N–H and O–H groups in total. The lowest BCUT2D eigenvalue weighted by atomic mass is 9.84. The number of benzene rings is 3. The molecule has 1 aliphatic carbocycles. The van der Waals surface area contributed by atoms with Gasteiger partial charge in [-0.25, -0.2) is 4.98 Å². The number of carbonyl (C=O) groups excluding carboxylic acids is 2. The van der Waals surface area contributed by atoms with Crippen molar-refractivity contribution >= 4 is 40.1 Å². The van der Waals surface area contributed by atoms with Crippen molar-refractivity contribution in [2.75, 3.05) is 5.32 Å². The first-order chi connectivity index (χ1) is 20.2. The monoisotopic (exact) mass is 622 g/mol. The van der Waals surface area contributed by atoms with E-state index < -0.39 is 35.1 Å². The maximum Gasteiger partial charge on any atom is 0.416 e. The Kier molecular flexibility index (Phi) is 8.17. The molecule has 1 heterocycles. The third-order valence-electron chi connectivity index (χ3n) is 7.60. The van der Waals surface area contributed by atoms with Gasteiger partial charge in [-0.1, -0.05) is 42.6 Å². The van der Waals surface area contributed by atoms with Crippen LogP contribution >= 0.6 is 11.6 Å². The number of alkyl halides is 6. The summed E-state index contributed by atoms with van der Waals surface area (Å²) in [5, 5.41) is 5.20. The number of fused-ring (bicyclic) bond motifs is 1. The molecule has 1 aliphatic rings. The molecule has 6 nitrogen and oxygen atoms in total. The van der Waals surface area contributed by atoms with Crippen LogP contribution in [0.4, 0.5) is 32.0 Å². The maximum absolute atomic E-state index is 13.7. The Hall–Kier alpha value is -4.06. The molecule has 0 atom stereocenters. The van der Waals surface area contributed by atoms with Crippen LogP contribution < -0.4 is 10.6 Å². The van der Waals surface area contributed by atoms with Gasteiger partial charge in [-0.3, -0.25) is 9.59 Å². The van der Waals surface area contributed by atoms with Crippen LogP contribution in [0.3, 0.4) is 0 Å². The highest BCUT2D eigenvalue weighted by molar-refractivity contribution is 6.34. The van der Waals surface area contributed by atoms with Gasteiger partial charge in [0, 0.05) is 18.7 Å². The summed E-state index contributed by atoms with van der Waals surface area (Å²) in [6.45, 7) is -0.206. The second kappa shape index (κ2) is 11.6. The van der Waals surface area contributed by atoms with Gasteiger partial charge in [-0.15, -0.1) is 0 Å². The topological polar surface area (TPSA) is 86.9 Å². The summed E-state index contributed by atoms with van der Waals surface area (Å²) in [5.41, 5.74) is -0.808. The quantitative estimate of drug-likeness (QED) is 0.184. The average molecular weight is 623 g/mol. The highest BCUT2D eigenvalue weighted by atomic mass is 35.5. The number of H-pyrrole nitrogens is 1. The number of amides is 2. The summed E-state index contributed by atoms with van der Waals surface area (Å²) >= 11 is 6.22. The Labute approximate surface area is 246 Å². The summed E-state index contributed by atoms with van der Waals surface area (Å²) < 4.78 is 80.0. The van der Waals surface area contributed by atoms with Gasteiger partial charge in [0.1, 0.15) is 11.2 Å². The smallest absolute Gasteiger partial charge is 0.351 e. The molecule has 0 saturated heterocycles. The van der Waals surface area contributed by atoms with Crippen molar-refractivity contribution in [2.24, 2.45) is 5.41 Å². The second-order valence-corrected chi connectivity index (χ2v) is 10.9. The summed E-state index contributed by atoms with van der Waals surface area (Å²) in [5.74, 6) is -1.17. The highest BCUT2D eigenvalue weighted by Crippen LogP contribution is 2.50. The number of halogens is 7. The van der Waals surface area contributed by atoms with Gasteiger partial charge >= 0.3 is 12.4 Å². The lowest BCUT2D eigenvalue weighted by molar-refractivity contribution is -0.220. The Morgan fingerprint density at radius 2 is 1.58 bits per heavy atom. The number of aromatic nitrogens is 2. The normalized spacial score (nSPS) is 15.0. The van der Waals surface area contributed by atoms with E-state index in [1.54, 1.807) is 24.3 Å². The minimum Gasteiger partial charge on any atom is -0.351 e. The molecule has 0 aliphatic heterocycles. The van der Waals surface area contributed by atoms with Crippen LogP contribution in [-0.4, -0.2) is 28.0 Å². The first-order valence-corrected chi connectivity index (χ1v) is 13.7. The molecule has 0 unspecified atom stereocenters. The van der Waals surface area contributed by atoms with Crippen molar-refractivity contribution in [3.8, 4) is 0 Å². The van der Waals surface area contributed by atoms with Gasteiger partial charge in [0.05, 0.1) is 27.2 Å². The van der Waals surface area contributed by atoms with Crippen LogP contribution in [0.2, 0.25) is 5.02 Å². The summed E-state index contributed by atoms with van der Waals surface area (Å²) in [7, 11) is 0. The fourth-order valence-corrected chi connectivity index (χ4v) is 5.45. The van der Waals surface area contributed by atoms with E-state index in [2.05, 4.69) is 20.6 Å². The third kappa shape index (κ3) is 6.48. The van der Waals surface area contributed by atoms with Crippen molar-refractivity contribution in [1.82, 2.24) is 15.3 Å². The molecule has 0 radical (unpaired) electrons. The van der Waals surface area contributed by atoms with E-state index in [0.717, 1.165) is 17.7 Å². The van der Waals surface area contributed by atoms with Crippen molar-refractivity contribution in [1.29, 1.82) is 0 Å². The molecule has 0 spiro atoms. The maximum atomic E-state index is 13.7. The molecule has 43 heavy (non-hydrogen) atoms. The van der Waals surface area contributed by atoms with Crippen molar-refractivity contribution in [2.45, 2.75) is 51.0 Å². The number of aromatic amines is 1. The average Bonchev–Trinajstić information content (AvgIpc) is 3.60. The van der Waals surface area contributed by atoms with Gasteiger partial charge in [0.15, 0.2) is 0 Å². The van der Waals surface area contributed by atoms with Crippen LogP contribution in [0, 0.1) is 5.41 Å². The van der Waals surface area contributed by atoms with Crippen molar-refractivity contribution in [3.05, 3.63) is 93.8 Å². The highest BCUT2D eigenvalue weighted by Gasteiger charge is 2.60. The molecular formula is C30H25ClF6N4O2. The zero-order chi connectivity index (χ0) is 31.0. The number of nitrogens with zero attached hydrogens (tertiary/aromatic N) is 1. The Balaban J connectivity index is 1.22. The number of rotatable bonds is 7. The van der Waals surface area contributed by atoms with Crippen LogP contribution in [0.5, 0.6) is 0 Å². The molecule has 2 amide bonds. The molecule has 0 bridgehead atoms. The van der Waals surface area contributed by atoms with Crippen molar-refractivity contribution < 1.29 is 35.9 Å².